The fraction of sp³-hybridized carbons (Fsp3) is 0.556. The van der Waals surface area contributed by atoms with E-state index in [-0.39, 0.29) is 11.9 Å². The Hall–Kier alpha value is -1.88. The molecular formula is C18H22N2O3. The number of carbonyl (C=O) groups is 2. The van der Waals surface area contributed by atoms with Crippen LogP contribution in [-0.2, 0) is 17.9 Å². The molecule has 1 aromatic carbocycles. The van der Waals surface area contributed by atoms with E-state index >= 15 is 0 Å². The Kier molecular flexibility index (Phi) is 3.60. The van der Waals surface area contributed by atoms with Gasteiger partial charge in [-0.25, -0.2) is 4.79 Å². The summed E-state index contributed by atoms with van der Waals surface area (Å²) in [5, 5.41) is 12.9. The number of carboxylic acid groups (broad SMARTS) is 1. The number of likely N-dealkylation sites (tertiary alicyclic amines) is 1. The standard InChI is InChI=1S/C18H22N2O3/c21-17(12-5-6-13-9-19-10-14(13)7-12)20-15-4-2-1-3-11(15)8-16(20)18(22)23/h5-7,11,15-16,19H,1-4,8-10H2,(H,22,23). The van der Waals surface area contributed by atoms with Crippen LogP contribution in [0.2, 0.25) is 0 Å². The van der Waals surface area contributed by atoms with Gasteiger partial charge in [-0.1, -0.05) is 18.9 Å². The van der Waals surface area contributed by atoms with Crippen molar-refractivity contribution in [3.63, 3.8) is 0 Å². The number of hydrogen-bond donors (Lipinski definition) is 2. The van der Waals surface area contributed by atoms with Crippen molar-refractivity contribution in [3.8, 4) is 0 Å². The summed E-state index contributed by atoms with van der Waals surface area (Å²) in [7, 11) is 0. The average Bonchev–Trinajstić information content (AvgIpc) is 3.17. The molecule has 0 bridgehead atoms. The van der Waals surface area contributed by atoms with Gasteiger partial charge in [0.2, 0.25) is 0 Å². The summed E-state index contributed by atoms with van der Waals surface area (Å²) in [4.78, 5) is 26.4. The largest absolute Gasteiger partial charge is 0.480 e. The van der Waals surface area contributed by atoms with Crippen molar-refractivity contribution in [1.82, 2.24) is 10.2 Å². The second-order valence-electron chi connectivity index (χ2n) is 7.00. The van der Waals surface area contributed by atoms with Crippen molar-refractivity contribution >= 4 is 11.9 Å². The van der Waals surface area contributed by atoms with Crippen molar-refractivity contribution in [2.45, 2.75) is 57.3 Å². The molecule has 122 valence electrons. The lowest BCUT2D eigenvalue weighted by molar-refractivity contribution is -0.141. The maximum Gasteiger partial charge on any atom is 0.326 e. The van der Waals surface area contributed by atoms with Crippen molar-refractivity contribution in [1.29, 1.82) is 0 Å². The number of nitrogens with one attached hydrogen (secondary N) is 1. The number of carbonyl (C=O) groups excluding carboxylic acids is 1. The van der Waals surface area contributed by atoms with Crippen molar-refractivity contribution in [2.75, 3.05) is 0 Å². The van der Waals surface area contributed by atoms with Gasteiger partial charge in [0, 0.05) is 24.7 Å². The lowest BCUT2D eigenvalue weighted by atomic mass is 9.84. The van der Waals surface area contributed by atoms with Crippen LogP contribution in [0.5, 0.6) is 0 Å². The zero-order valence-electron chi connectivity index (χ0n) is 13.1. The van der Waals surface area contributed by atoms with Crippen LogP contribution in [0.4, 0.5) is 0 Å². The Morgan fingerprint density at radius 3 is 2.74 bits per heavy atom. The number of amides is 1. The summed E-state index contributed by atoms with van der Waals surface area (Å²) in [6, 6.07) is 5.22. The molecule has 23 heavy (non-hydrogen) atoms. The Bertz CT molecular complexity index is 658. The molecule has 1 amide bonds. The van der Waals surface area contributed by atoms with E-state index in [1.165, 1.54) is 5.56 Å². The Labute approximate surface area is 135 Å². The molecule has 1 aromatic rings. The average molecular weight is 314 g/mol. The fourth-order valence-electron chi connectivity index (χ4n) is 4.55. The molecule has 3 aliphatic rings. The molecule has 1 saturated carbocycles. The molecule has 2 N–H and O–H groups in total. The molecular weight excluding hydrogens is 292 g/mol. The van der Waals surface area contributed by atoms with Crippen molar-refractivity contribution in [3.05, 3.63) is 34.9 Å². The Balaban J connectivity index is 1.66. The van der Waals surface area contributed by atoms with E-state index in [1.807, 2.05) is 18.2 Å². The van der Waals surface area contributed by atoms with Crippen LogP contribution in [0.25, 0.3) is 0 Å². The topological polar surface area (TPSA) is 69.6 Å². The molecule has 0 aromatic heterocycles. The monoisotopic (exact) mass is 314 g/mol. The molecule has 2 heterocycles. The van der Waals surface area contributed by atoms with Crippen LogP contribution in [0.15, 0.2) is 18.2 Å². The van der Waals surface area contributed by atoms with E-state index in [9.17, 15) is 14.7 Å². The van der Waals surface area contributed by atoms with Gasteiger partial charge in [0.25, 0.3) is 5.91 Å². The Morgan fingerprint density at radius 2 is 1.91 bits per heavy atom. The lowest BCUT2D eigenvalue weighted by Crippen LogP contribution is -2.46. The summed E-state index contributed by atoms with van der Waals surface area (Å²) in [5.74, 6) is -0.623. The molecule has 5 nitrogen and oxygen atoms in total. The third-order valence-corrected chi connectivity index (χ3v) is 5.69. The summed E-state index contributed by atoms with van der Waals surface area (Å²) in [6.45, 7) is 1.63. The summed E-state index contributed by atoms with van der Waals surface area (Å²) in [6.07, 6.45) is 4.84. The van der Waals surface area contributed by atoms with E-state index in [1.54, 1.807) is 4.90 Å². The van der Waals surface area contributed by atoms with Crippen LogP contribution in [-0.4, -0.2) is 34.0 Å². The molecule has 0 spiro atoms. The normalized spacial score (nSPS) is 29.2. The fourth-order valence-corrected chi connectivity index (χ4v) is 4.55. The van der Waals surface area contributed by atoms with E-state index in [2.05, 4.69) is 5.32 Å². The number of carboxylic acids is 1. The van der Waals surface area contributed by atoms with Crippen molar-refractivity contribution in [2.24, 2.45) is 5.92 Å². The van der Waals surface area contributed by atoms with Crippen LogP contribution in [0.3, 0.4) is 0 Å². The van der Waals surface area contributed by atoms with E-state index in [0.717, 1.165) is 44.3 Å². The van der Waals surface area contributed by atoms with Gasteiger partial charge in [0.05, 0.1) is 0 Å². The van der Waals surface area contributed by atoms with E-state index in [0.29, 0.717) is 17.9 Å². The van der Waals surface area contributed by atoms with Gasteiger partial charge in [-0.15, -0.1) is 0 Å². The SMILES string of the molecule is O=C(O)C1CC2CCCCC2N1C(=O)c1ccc2c(c1)CNC2. The first-order valence-corrected chi connectivity index (χ1v) is 8.53. The summed E-state index contributed by atoms with van der Waals surface area (Å²) >= 11 is 0. The molecule has 1 saturated heterocycles. The number of benzene rings is 1. The van der Waals surface area contributed by atoms with Crippen molar-refractivity contribution < 1.29 is 14.7 Å². The molecule has 1 aliphatic carbocycles. The van der Waals surface area contributed by atoms with Gasteiger partial charge in [-0.2, -0.15) is 0 Å². The predicted octanol–water partition coefficient (Wildman–Crippen LogP) is 2.15. The first-order chi connectivity index (χ1) is 11.1. The number of fused-ring (bicyclic) bond motifs is 2. The maximum atomic E-state index is 13.1. The van der Waals surface area contributed by atoms with Gasteiger partial charge in [0.1, 0.15) is 6.04 Å². The molecule has 0 radical (unpaired) electrons. The van der Waals surface area contributed by atoms with Crippen LogP contribution in [0.1, 0.15) is 53.6 Å². The minimum Gasteiger partial charge on any atom is -0.480 e. The molecule has 3 atom stereocenters. The van der Waals surface area contributed by atoms with Crippen LogP contribution in [0, 0.1) is 5.92 Å². The highest BCUT2D eigenvalue weighted by Crippen LogP contribution is 2.40. The first kappa shape index (κ1) is 14.7. The second-order valence-corrected chi connectivity index (χ2v) is 7.00. The highest BCUT2D eigenvalue weighted by atomic mass is 16.4. The molecule has 3 unspecified atom stereocenters. The molecule has 2 fully saturated rings. The quantitative estimate of drug-likeness (QED) is 0.877. The minimum absolute atomic E-state index is 0.101. The first-order valence-electron chi connectivity index (χ1n) is 8.53. The molecule has 2 aliphatic heterocycles. The number of hydrogen-bond acceptors (Lipinski definition) is 3. The highest BCUT2D eigenvalue weighted by molar-refractivity contribution is 5.97. The Morgan fingerprint density at radius 1 is 1.13 bits per heavy atom. The van der Waals surface area contributed by atoms with Crippen LogP contribution >= 0.6 is 0 Å². The molecule has 5 heteroatoms. The van der Waals surface area contributed by atoms with Gasteiger partial charge in [-0.05, 0) is 48.4 Å². The zero-order chi connectivity index (χ0) is 16.0. The summed E-state index contributed by atoms with van der Waals surface area (Å²) < 4.78 is 0. The van der Waals surface area contributed by atoms with Gasteiger partial charge in [-0.3, -0.25) is 4.79 Å². The maximum absolute atomic E-state index is 13.1. The number of nitrogens with zero attached hydrogens (tertiary/aromatic N) is 1. The van der Waals surface area contributed by atoms with Gasteiger partial charge >= 0.3 is 5.97 Å². The summed E-state index contributed by atoms with van der Waals surface area (Å²) in [5.41, 5.74) is 3.01. The molecule has 4 rings (SSSR count). The lowest BCUT2D eigenvalue weighted by Gasteiger charge is -2.33. The second kappa shape index (κ2) is 5.64. The smallest absolute Gasteiger partial charge is 0.326 e. The predicted molar refractivity (Wildman–Crippen MR) is 84.9 cm³/mol. The van der Waals surface area contributed by atoms with Crippen LogP contribution < -0.4 is 5.32 Å². The highest BCUT2D eigenvalue weighted by Gasteiger charge is 2.47. The van der Waals surface area contributed by atoms with E-state index in [4.69, 9.17) is 0 Å². The zero-order valence-corrected chi connectivity index (χ0v) is 13.1. The van der Waals surface area contributed by atoms with Gasteiger partial charge in [0.15, 0.2) is 0 Å². The minimum atomic E-state index is -0.865. The number of aliphatic carboxylic acids is 1. The van der Waals surface area contributed by atoms with E-state index < -0.39 is 12.0 Å². The third kappa shape index (κ3) is 2.43. The number of rotatable bonds is 2. The van der Waals surface area contributed by atoms with Gasteiger partial charge < -0.3 is 15.3 Å². The third-order valence-electron chi connectivity index (χ3n) is 5.69.